The number of rotatable bonds is 5. The van der Waals surface area contributed by atoms with Crippen molar-refractivity contribution in [2.45, 2.75) is 57.0 Å². The molecule has 1 fully saturated rings. The summed E-state index contributed by atoms with van der Waals surface area (Å²) in [6.45, 7) is 4.95. The third kappa shape index (κ3) is 3.06. The predicted octanol–water partition coefficient (Wildman–Crippen LogP) is 2.71. The lowest BCUT2D eigenvalue weighted by Crippen LogP contribution is -2.61. The van der Waals surface area contributed by atoms with Gasteiger partial charge in [0.2, 0.25) is 5.91 Å². The lowest BCUT2D eigenvalue weighted by molar-refractivity contribution is -0.127. The first kappa shape index (κ1) is 17.9. The molecule has 5 heteroatoms. The summed E-state index contributed by atoms with van der Waals surface area (Å²) in [4.78, 5) is 28.3. The maximum absolute atomic E-state index is 13.2. The minimum atomic E-state index is -0.428. The van der Waals surface area contributed by atoms with E-state index in [1.165, 1.54) is 0 Å². The van der Waals surface area contributed by atoms with E-state index in [4.69, 9.17) is 4.74 Å². The second-order valence-corrected chi connectivity index (χ2v) is 7.44. The standard InChI is InChI=1S/C20H28N2O3/c1-14(2)21-18(23)17-15-8-4-5-9-16(15)19(24)22(12-13-25-3)20(17)10-6-7-11-20/h4-5,8-9,14,17H,6-7,10-13H2,1-3H3,(H,21,23). The normalized spacial score (nSPS) is 21.7. The molecule has 1 spiro atoms. The van der Waals surface area contributed by atoms with Gasteiger partial charge in [0.05, 0.1) is 18.1 Å². The molecule has 1 aromatic carbocycles. The molecular formula is C20H28N2O3. The largest absolute Gasteiger partial charge is 0.383 e. The number of methoxy groups -OCH3 is 1. The minimum Gasteiger partial charge on any atom is -0.383 e. The minimum absolute atomic E-state index is 0.0271. The number of benzene rings is 1. The van der Waals surface area contributed by atoms with Gasteiger partial charge >= 0.3 is 0 Å². The van der Waals surface area contributed by atoms with Crippen molar-refractivity contribution in [2.24, 2.45) is 0 Å². The summed E-state index contributed by atoms with van der Waals surface area (Å²) < 4.78 is 5.25. The van der Waals surface area contributed by atoms with Gasteiger partial charge in [0.25, 0.3) is 5.91 Å². The molecule has 5 nitrogen and oxygen atoms in total. The molecule has 0 bridgehead atoms. The van der Waals surface area contributed by atoms with Gasteiger partial charge in [-0.3, -0.25) is 9.59 Å². The molecule has 1 aliphatic heterocycles. The van der Waals surface area contributed by atoms with Gasteiger partial charge in [-0.05, 0) is 38.3 Å². The van der Waals surface area contributed by atoms with Crippen LogP contribution in [-0.2, 0) is 9.53 Å². The zero-order valence-corrected chi connectivity index (χ0v) is 15.4. The highest BCUT2D eigenvalue weighted by Gasteiger charge is 2.55. The van der Waals surface area contributed by atoms with Gasteiger partial charge in [-0.25, -0.2) is 0 Å². The van der Waals surface area contributed by atoms with Gasteiger partial charge in [-0.15, -0.1) is 0 Å². The number of hydrogen-bond acceptors (Lipinski definition) is 3. The highest BCUT2D eigenvalue weighted by atomic mass is 16.5. The highest BCUT2D eigenvalue weighted by molar-refractivity contribution is 6.02. The Balaban J connectivity index is 2.11. The number of fused-ring (bicyclic) bond motifs is 1. The molecular weight excluding hydrogens is 316 g/mol. The summed E-state index contributed by atoms with van der Waals surface area (Å²) in [6, 6.07) is 7.66. The number of carbonyl (C=O) groups excluding carboxylic acids is 2. The highest BCUT2D eigenvalue weighted by Crippen LogP contribution is 2.50. The Bertz CT molecular complexity index is 650. The Labute approximate surface area is 149 Å². The zero-order chi connectivity index (χ0) is 18.0. The van der Waals surface area contributed by atoms with E-state index in [0.717, 1.165) is 31.2 Å². The third-order valence-electron chi connectivity index (χ3n) is 5.50. The maximum atomic E-state index is 13.2. The molecule has 3 rings (SSSR count). The number of nitrogens with one attached hydrogen (secondary N) is 1. The van der Waals surface area contributed by atoms with E-state index >= 15 is 0 Å². The van der Waals surface area contributed by atoms with E-state index < -0.39 is 5.54 Å². The molecule has 0 saturated heterocycles. The summed E-state index contributed by atoms with van der Waals surface area (Å²) in [6.07, 6.45) is 3.83. The maximum Gasteiger partial charge on any atom is 0.254 e. The van der Waals surface area contributed by atoms with Crippen molar-refractivity contribution in [3.05, 3.63) is 35.4 Å². The lowest BCUT2D eigenvalue weighted by Gasteiger charge is -2.50. The van der Waals surface area contributed by atoms with Crippen LogP contribution in [0.3, 0.4) is 0 Å². The molecule has 0 aromatic heterocycles. The summed E-state index contributed by atoms with van der Waals surface area (Å²) in [5.74, 6) is -0.259. The monoisotopic (exact) mass is 344 g/mol. The number of nitrogens with zero attached hydrogens (tertiary/aromatic N) is 1. The predicted molar refractivity (Wildman–Crippen MR) is 96.6 cm³/mol. The van der Waals surface area contributed by atoms with E-state index in [1.807, 2.05) is 43.0 Å². The summed E-state index contributed by atoms with van der Waals surface area (Å²) in [7, 11) is 1.65. The molecule has 1 aliphatic carbocycles. The summed E-state index contributed by atoms with van der Waals surface area (Å²) >= 11 is 0. The number of ether oxygens (including phenoxy) is 1. The van der Waals surface area contributed by atoms with Gasteiger partial charge in [-0.2, -0.15) is 0 Å². The van der Waals surface area contributed by atoms with E-state index in [1.54, 1.807) is 7.11 Å². The molecule has 1 N–H and O–H groups in total. The van der Waals surface area contributed by atoms with Crippen LogP contribution in [0.4, 0.5) is 0 Å². The first-order valence-corrected chi connectivity index (χ1v) is 9.21. The first-order chi connectivity index (χ1) is 12.0. The van der Waals surface area contributed by atoms with E-state index in [0.29, 0.717) is 18.7 Å². The Morgan fingerprint density at radius 3 is 2.64 bits per heavy atom. The summed E-state index contributed by atoms with van der Waals surface area (Å²) in [5.41, 5.74) is 1.10. The van der Waals surface area contributed by atoms with E-state index in [9.17, 15) is 9.59 Å². The average Bonchev–Trinajstić information content (AvgIpc) is 3.04. The third-order valence-corrected chi connectivity index (χ3v) is 5.50. The summed E-state index contributed by atoms with van der Waals surface area (Å²) in [5, 5.41) is 3.09. The Hall–Kier alpha value is -1.88. The van der Waals surface area contributed by atoms with Crippen LogP contribution in [-0.4, -0.2) is 48.6 Å². The van der Waals surface area contributed by atoms with Crippen LogP contribution in [0.1, 0.15) is 61.4 Å². The van der Waals surface area contributed by atoms with Crippen molar-refractivity contribution in [3.8, 4) is 0 Å². The number of hydrogen-bond donors (Lipinski definition) is 1. The first-order valence-electron chi connectivity index (χ1n) is 9.21. The van der Waals surface area contributed by atoms with Crippen LogP contribution in [0, 0.1) is 0 Å². The van der Waals surface area contributed by atoms with Crippen molar-refractivity contribution in [1.82, 2.24) is 10.2 Å². The topological polar surface area (TPSA) is 58.6 Å². The molecule has 1 saturated carbocycles. The van der Waals surface area contributed by atoms with Crippen LogP contribution < -0.4 is 5.32 Å². The number of amides is 2. The molecule has 25 heavy (non-hydrogen) atoms. The van der Waals surface area contributed by atoms with Crippen LogP contribution in [0.15, 0.2) is 24.3 Å². The molecule has 136 valence electrons. The average molecular weight is 344 g/mol. The molecule has 1 aromatic rings. The molecule has 1 heterocycles. The van der Waals surface area contributed by atoms with Crippen molar-refractivity contribution in [2.75, 3.05) is 20.3 Å². The Kier molecular flexibility index (Phi) is 5.13. The Morgan fingerprint density at radius 2 is 2.00 bits per heavy atom. The van der Waals surface area contributed by atoms with Gasteiger partial charge in [0, 0.05) is 25.3 Å². The molecule has 0 radical (unpaired) electrons. The lowest BCUT2D eigenvalue weighted by atomic mass is 9.71. The second kappa shape index (κ2) is 7.16. The molecule has 2 amide bonds. The Morgan fingerprint density at radius 1 is 1.32 bits per heavy atom. The fourth-order valence-corrected chi connectivity index (χ4v) is 4.54. The SMILES string of the molecule is COCCN1C(=O)c2ccccc2C(C(=O)NC(C)C)C12CCCC2. The van der Waals surface area contributed by atoms with Gasteiger partial charge in [0.15, 0.2) is 0 Å². The second-order valence-electron chi connectivity index (χ2n) is 7.44. The van der Waals surface area contributed by atoms with Crippen molar-refractivity contribution < 1.29 is 14.3 Å². The van der Waals surface area contributed by atoms with Gasteiger partial charge in [-0.1, -0.05) is 31.0 Å². The van der Waals surface area contributed by atoms with Crippen LogP contribution in [0.25, 0.3) is 0 Å². The fourth-order valence-electron chi connectivity index (χ4n) is 4.54. The van der Waals surface area contributed by atoms with E-state index in [-0.39, 0.29) is 23.8 Å². The smallest absolute Gasteiger partial charge is 0.254 e. The number of carbonyl (C=O) groups is 2. The van der Waals surface area contributed by atoms with E-state index in [2.05, 4.69) is 5.32 Å². The molecule has 2 aliphatic rings. The van der Waals surface area contributed by atoms with Crippen LogP contribution >= 0.6 is 0 Å². The quantitative estimate of drug-likeness (QED) is 0.893. The van der Waals surface area contributed by atoms with Crippen molar-refractivity contribution in [3.63, 3.8) is 0 Å². The van der Waals surface area contributed by atoms with Crippen LogP contribution in [0.2, 0.25) is 0 Å². The van der Waals surface area contributed by atoms with Crippen molar-refractivity contribution in [1.29, 1.82) is 0 Å². The van der Waals surface area contributed by atoms with Gasteiger partial charge in [0.1, 0.15) is 0 Å². The fraction of sp³-hybridized carbons (Fsp3) is 0.600. The van der Waals surface area contributed by atoms with Crippen LogP contribution in [0.5, 0.6) is 0 Å². The molecule has 1 atom stereocenters. The zero-order valence-electron chi connectivity index (χ0n) is 15.4. The van der Waals surface area contributed by atoms with Gasteiger partial charge < -0.3 is 15.0 Å². The van der Waals surface area contributed by atoms with Crippen molar-refractivity contribution >= 4 is 11.8 Å². The molecule has 1 unspecified atom stereocenters.